The van der Waals surface area contributed by atoms with Gasteiger partial charge >= 0.3 is 0 Å². The molecular formula is C15H21Cl. The summed E-state index contributed by atoms with van der Waals surface area (Å²) in [6.07, 6.45) is 6.99. The molecule has 0 heterocycles. The average molecular weight is 237 g/mol. The van der Waals surface area contributed by atoms with E-state index in [1.165, 1.54) is 37.7 Å². The van der Waals surface area contributed by atoms with E-state index in [0.717, 1.165) is 5.92 Å². The van der Waals surface area contributed by atoms with E-state index in [1.54, 1.807) is 0 Å². The van der Waals surface area contributed by atoms with Crippen molar-refractivity contribution in [3.8, 4) is 0 Å². The molecule has 88 valence electrons. The van der Waals surface area contributed by atoms with Crippen molar-refractivity contribution >= 4 is 11.6 Å². The van der Waals surface area contributed by atoms with Gasteiger partial charge in [0.15, 0.2) is 0 Å². The number of rotatable bonds is 4. The Morgan fingerprint density at radius 1 is 1.19 bits per heavy atom. The Morgan fingerprint density at radius 3 is 2.44 bits per heavy atom. The van der Waals surface area contributed by atoms with E-state index in [1.807, 2.05) is 0 Å². The quantitative estimate of drug-likeness (QED) is 0.632. The first-order chi connectivity index (χ1) is 7.77. The van der Waals surface area contributed by atoms with Gasteiger partial charge in [-0.3, -0.25) is 0 Å². The van der Waals surface area contributed by atoms with Gasteiger partial charge < -0.3 is 0 Å². The van der Waals surface area contributed by atoms with E-state index < -0.39 is 0 Å². The molecule has 1 aliphatic rings. The van der Waals surface area contributed by atoms with Gasteiger partial charge in [-0.2, -0.15) is 0 Å². The minimum absolute atomic E-state index is 0.182. The molecule has 1 aliphatic carbocycles. The maximum atomic E-state index is 6.54. The lowest BCUT2D eigenvalue weighted by Crippen LogP contribution is -2.08. The Labute approximate surface area is 104 Å². The number of hydrogen-bond acceptors (Lipinski definition) is 0. The summed E-state index contributed by atoms with van der Waals surface area (Å²) in [6, 6.07) is 10.5. The van der Waals surface area contributed by atoms with Gasteiger partial charge in [0, 0.05) is 0 Å². The van der Waals surface area contributed by atoms with Crippen LogP contribution in [0.25, 0.3) is 0 Å². The highest BCUT2D eigenvalue weighted by Crippen LogP contribution is 2.37. The van der Waals surface area contributed by atoms with Gasteiger partial charge in [0.25, 0.3) is 0 Å². The minimum atomic E-state index is 0.182. The molecule has 1 saturated carbocycles. The molecule has 1 aromatic rings. The van der Waals surface area contributed by atoms with E-state index in [9.17, 15) is 0 Å². The number of benzene rings is 1. The van der Waals surface area contributed by atoms with Crippen molar-refractivity contribution in [2.45, 2.75) is 44.4 Å². The zero-order valence-electron chi connectivity index (χ0n) is 10.0. The smallest absolute Gasteiger partial charge is 0.0610 e. The fourth-order valence-corrected chi connectivity index (χ4v) is 3.11. The summed E-state index contributed by atoms with van der Waals surface area (Å²) >= 11 is 6.54. The first kappa shape index (κ1) is 12.0. The van der Waals surface area contributed by atoms with Crippen molar-refractivity contribution in [3.63, 3.8) is 0 Å². The van der Waals surface area contributed by atoms with Crippen molar-refractivity contribution in [2.24, 2.45) is 11.8 Å². The van der Waals surface area contributed by atoms with E-state index in [4.69, 9.17) is 11.6 Å². The molecule has 0 spiro atoms. The largest absolute Gasteiger partial charge is 0.118 e. The van der Waals surface area contributed by atoms with Crippen LogP contribution in [0.2, 0.25) is 0 Å². The summed E-state index contributed by atoms with van der Waals surface area (Å²) in [5.41, 5.74) is 1.27. The molecule has 1 aromatic carbocycles. The van der Waals surface area contributed by atoms with Crippen LogP contribution in [-0.2, 0) is 0 Å². The average Bonchev–Trinajstić information content (AvgIpc) is 2.82. The molecule has 16 heavy (non-hydrogen) atoms. The van der Waals surface area contributed by atoms with Gasteiger partial charge in [0.2, 0.25) is 0 Å². The molecule has 0 amide bonds. The van der Waals surface area contributed by atoms with Crippen LogP contribution in [0, 0.1) is 11.8 Å². The van der Waals surface area contributed by atoms with Gasteiger partial charge in [-0.15, -0.1) is 11.6 Å². The van der Waals surface area contributed by atoms with E-state index in [2.05, 4.69) is 37.3 Å². The maximum Gasteiger partial charge on any atom is 0.0610 e. The Hall–Kier alpha value is -0.490. The highest BCUT2D eigenvalue weighted by Gasteiger charge is 2.22. The van der Waals surface area contributed by atoms with E-state index in [-0.39, 0.29) is 5.38 Å². The van der Waals surface area contributed by atoms with E-state index >= 15 is 0 Å². The molecule has 1 fully saturated rings. The molecule has 1 heteroatoms. The lowest BCUT2D eigenvalue weighted by molar-refractivity contribution is 0.389. The molecular weight excluding hydrogens is 216 g/mol. The third-order valence-corrected chi connectivity index (χ3v) is 4.48. The third kappa shape index (κ3) is 3.01. The lowest BCUT2D eigenvalue weighted by Gasteiger charge is -2.21. The molecule has 2 rings (SSSR count). The molecule has 2 atom stereocenters. The molecule has 0 N–H and O–H groups in total. The first-order valence-corrected chi connectivity index (χ1v) is 6.90. The van der Waals surface area contributed by atoms with Crippen molar-refractivity contribution in [1.82, 2.24) is 0 Å². The normalized spacial score (nSPS) is 20.9. The standard InChI is InChI=1S/C15H21Cl/c1-12(11-13-7-5-6-8-13)15(16)14-9-3-2-4-10-14/h2-4,9-10,12-13,15H,5-8,11H2,1H3. The van der Waals surface area contributed by atoms with Gasteiger partial charge in [-0.05, 0) is 23.8 Å². The fraction of sp³-hybridized carbons (Fsp3) is 0.600. The van der Waals surface area contributed by atoms with Gasteiger partial charge in [0.1, 0.15) is 0 Å². The zero-order chi connectivity index (χ0) is 11.4. The van der Waals surface area contributed by atoms with Crippen LogP contribution in [0.1, 0.15) is 50.0 Å². The van der Waals surface area contributed by atoms with Crippen molar-refractivity contribution in [1.29, 1.82) is 0 Å². The Bertz CT molecular complexity index is 300. The van der Waals surface area contributed by atoms with Crippen LogP contribution in [0.3, 0.4) is 0 Å². The minimum Gasteiger partial charge on any atom is -0.118 e. The van der Waals surface area contributed by atoms with Crippen LogP contribution >= 0.6 is 11.6 Å². The fourth-order valence-electron chi connectivity index (χ4n) is 2.86. The summed E-state index contributed by atoms with van der Waals surface area (Å²) in [5.74, 6) is 1.52. The van der Waals surface area contributed by atoms with E-state index in [0.29, 0.717) is 5.92 Å². The van der Waals surface area contributed by atoms with Gasteiger partial charge in [0.05, 0.1) is 5.38 Å². The lowest BCUT2D eigenvalue weighted by atomic mass is 9.89. The zero-order valence-corrected chi connectivity index (χ0v) is 10.8. The van der Waals surface area contributed by atoms with Crippen LogP contribution in [0.4, 0.5) is 0 Å². The molecule has 0 bridgehead atoms. The van der Waals surface area contributed by atoms with Gasteiger partial charge in [-0.25, -0.2) is 0 Å². The Kier molecular flexibility index (Phi) is 4.29. The predicted octanol–water partition coefficient (Wildman–Crippen LogP) is 5.18. The number of halogens is 1. The summed E-state index contributed by atoms with van der Waals surface area (Å²) < 4.78 is 0. The Morgan fingerprint density at radius 2 is 1.81 bits per heavy atom. The van der Waals surface area contributed by atoms with Crippen LogP contribution in [0.15, 0.2) is 30.3 Å². The second-order valence-electron chi connectivity index (χ2n) is 5.18. The molecule has 2 unspecified atom stereocenters. The summed E-state index contributed by atoms with van der Waals surface area (Å²) in [4.78, 5) is 0. The van der Waals surface area contributed by atoms with Gasteiger partial charge in [-0.1, -0.05) is 62.9 Å². The molecule has 0 radical (unpaired) electrons. The predicted molar refractivity (Wildman–Crippen MR) is 70.8 cm³/mol. The molecule has 0 nitrogen and oxygen atoms in total. The SMILES string of the molecule is CC(CC1CCCC1)C(Cl)c1ccccc1. The van der Waals surface area contributed by atoms with Crippen LogP contribution < -0.4 is 0 Å². The maximum absolute atomic E-state index is 6.54. The third-order valence-electron chi connectivity index (χ3n) is 3.80. The van der Waals surface area contributed by atoms with Crippen molar-refractivity contribution < 1.29 is 0 Å². The summed E-state index contributed by atoms with van der Waals surface area (Å²) in [5, 5.41) is 0.182. The summed E-state index contributed by atoms with van der Waals surface area (Å²) in [7, 11) is 0. The second-order valence-corrected chi connectivity index (χ2v) is 5.65. The van der Waals surface area contributed by atoms with Crippen molar-refractivity contribution in [3.05, 3.63) is 35.9 Å². The Balaban J connectivity index is 1.91. The molecule has 0 aromatic heterocycles. The highest BCUT2D eigenvalue weighted by molar-refractivity contribution is 6.20. The highest BCUT2D eigenvalue weighted by atomic mass is 35.5. The van der Waals surface area contributed by atoms with Crippen LogP contribution in [-0.4, -0.2) is 0 Å². The number of hydrogen-bond donors (Lipinski definition) is 0. The summed E-state index contributed by atoms with van der Waals surface area (Å²) in [6.45, 7) is 2.29. The molecule has 0 saturated heterocycles. The number of alkyl halides is 1. The second kappa shape index (κ2) is 5.72. The van der Waals surface area contributed by atoms with Crippen molar-refractivity contribution in [2.75, 3.05) is 0 Å². The first-order valence-electron chi connectivity index (χ1n) is 6.46. The van der Waals surface area contributed by atoms with Crippen LogP contribution in [0.5, 0.6) is 0 Å². The topological polar surface area (TPSA) is 0 Å². The molecule has 0 aliphatic heterocycles. The monoisotopic (exact) mass is 236 g/mol.